The number of nitrogens with zero attached hydrogens (tertiary/aromatic N) is 3. The number of nitrogens with one attached hydrogen (secondary N) is 1. The first kappa shape index (κ1) is 18.6. The van der Waals surface area contributed by atoms with Crippen LogP contribution in [0.3, 0.4) is 0 Å². The van der Waals surface area contributed by atoms with E-state index in [-0.39, 0.29) is 5.78 Å². The van der Waals surface area contributed by atoms with Crippen LogP contribution in [0.5, 0.6) is 0 Å². The van der Waals surface area contributed by atoms with Crippen molar-refractivity contribution in [1.82, 2.24) is 9.97 Å². The van der Waals surface area contributed by atoms with Crippen LogP contribution in [0.2, 0.25) is 0 Å². The lowest BCUT2D eigenvalue weighted by Crippen LogP contribution is -2.18. The molecule has 0 aliphatic heterocycles. The summed E-state index contributed by atoms with van der Waals surface area (Å²) in [6, 6.07) is 17.7. The molecule has 0 unspecified atom stereocenters. The van der Waals surface area contributed by atoms with Gasteiger partial charge in [-0.1, -0.05) is 24.3 Å². The van der Waals surface area contributed by atoms with E-state index in [4.69, 9.17) is 0 Å². The van der Waals surface area contributed by atoms with Crippen molar-refractivity contribution in [3.8, 4) is 0 Å². The van der Waals surface area contributed by atoms with Gasteiger partial charge in [0.25, 0.3) is 0 Å². The number of ketones is 1. The van der Waals surface area contributed by atoms with Crippen molar-refractivity contribution in [2.24, 2.45) is 0 Å². The molecular weight excluding hydrogens is 336 g/mol. The van der Waals surface area contributed by atoms with E-state index in [1.54, 1.807) is 13.0 Å². The lowest BCUT2D eigenvalue weighted by Gasteiger charge is -2.23. The number of Topliss-reactive ketones (excluding diaryl/α,β-unsaturated/α-hetero) is 1. The molecular formula is C22H24N4O. The Labute approximate surface area is 160 Å². The Hall–Kier alpha value is -3.21. The van der Waals surface area contributed by atoms with Gasteiger partial charge < -0.3 is 10.2 Å². The fourth-order valence-corrected chi connectivity index (χ4v) is 2.99. The van der Waals surface area contributed by atoms with Crippen molar-refractivity contribution in [3.63, 3.8) is 0 Å². The topological polar surface area (TPSA) is 58.1 Å². The standard InChI is InChI=1S/C22H24N4O/c1-5-26(20-11-6-8-15(2)12-20)22-14-21(23-17(4)24-22)25-19-10-7-9-18(13-19)16(3)27/h6-14H,5H2,1-4H3,(H,23,24,25). The smallest absolute Gasteiger partial charge is 0.159 e. The summed E-state index contributed by atoms with van der Waals surface area (Å²) in [6.07, 6.45) is 0. The molecule has 0 aliphatic carbocycles. The maximum atomic E-state index is 11.6. The number of anilines is 4. The lowest BCUT2D eigenvalue weighted by atomic mass is 10.1. The lowest BCUT2D eigenvalue weighted by molar-refractivity contribution is 0.101. The van der Waals surface area contributed by atoms with Gasteiger partial charge in [-0.25, -0.2) is 9.97 Å². The van der Waals surface area contributed by atoms with E-state index in [0.717, 1.165) is 23.7 Å². The van der Waals surface area contributed by atoms with Crippen molar-refractivity contribution in [2.75, 3.05) is 16.8 Å². The van der Waals surface area contributed by atoms with Crippen LogP contribution in [-0.4, -0.2) is 22.3 Å². The van der Waals surface area contributed by atoms with E-state index < -0.39 is 0 Å². The first-order valence-electron chi connectivity index (χ1n) is 9.04. The summed E-state index contributed by atoms with van der Waals surface area (Å²) < 4.78 is 0. The Kier molecular flexibility index (Phi) is 5.50. The van der Waals surface area contributed by atoms with Gasteiger partial charge in [-0.15, -0.1) is 0 Å². The van der Waals surface area contributed by atoms with Gasteiger partial charge in [0.05, 0.1) is 0 Å². The number of hydrogen-bond acceptors (Lipinski definition) is 5. The highest BCUT2D eigenvalue weighted by atomic mass is 16.1. The SMILES string of the molecule is CCN(c1cccc(C)c1)c1cc(Nc2cccc(C(C)=O)c2)nc(C)n1. The van der Waals surface area contributed by atoms with Gasteiger partial charge in [0, 0.05) is 29.5 Å². The maximum Gasteiger partial charge on any atom is 0.159 e. The fraction of sp³-hybridized carbons (Fsp3) is 0.227. The second-order valence-electron chi connectivity index (χ2n) is 6.50. The van der Waals surface area contributed by atoms with E-state index in [1.807, 2.05) is 37.3 Å². The van der Waals surface area contributed by atoms with Crippen LogP contribution >= 0.6 is 0 Å². The Bertz CT molecular complexity index is 968. The van der Waals surface area contributed by atoms with Gasteiger partial charge in [-0.2, -0.15) is 0 Å². The molecule has 0 atom stereocenters. The van der Waals surface area contributed by atoms with Gasteiger partial charge in [0.2, 0.25) is 0 Å². The minimum absolute atomic E-state index is 0.0369. The second kappa shape index (κ2) is 7.99. The first-order chi connectivity index (χ1) is 13.0. The molecule has 0 amide bonds. The van der Waals surface area contributed by atoms with Gasteiger partial charge >= 0.3 is 0 Å². The van der Waals surface area contributed by atoms with Gasteiger partial charge in [0.1, 0.15) is 17.5 Å². The van der Waals surface area contributed by atoms with Gasteiger partial charge in [-0.3, -0.25) is 4.79 Å². The molecule has 0 aliphatic rings. The van der Waals surface area contributed by atoms with Crippen molar-refractivity contribution >= 4 is 28.8 Å². The summed E-state index contributed by atoms with van der Waals surface area (Å²) in [4.78, 5) is 22.9. The first-order valence-corrected chi connectivity index (χ1v) is 9.04. The van der Waals surface area contributed by atoms with Crippen molar-refractivity contribution in [1.29, 1.82) is 0 Å². The molecule has 1 heterocycles. The molecule has 0 saturated heterocycles. The zero-order valence-electron chi connectivity index (χ0n) is 16.2. The second-order valence-corrected chi connectivity index (χ2v) is 6.50. The minimum Gasteiger partial charge on any atom is -0.340 e. The largest absolute Gasteiger partial charge is 0.340 e. The summed E-state index contributed by atoms with van der Waals surface area (Å²) in [6.45, 7) is 8.41. The zero-order chi connectivity index (χ0) is 19.4. The molecule has 2 aromatic carbocycles. The van der Waals surface area contributed by atoms with Gasteiger partial charge in [0.15, 0.2) is 5.78 Å². The summed E-state index contributed by atoms with van der Waals surface area (Å²) in [5, 5.41) is 3.29. The van der Waals surface area contributed by atoms with Crippen LogP contribution in [0.25, 0.3) is 0 Å². The number of aryl methyl sites for hydroxylation is 2. The van der Waals surface area contributed by atoms with E-state index in [1.165, 1.54) is 5.56 Å². The molecule has 0 bridgehead atoms. The fourth-order valence-electron chi connectivity index (χ4n) is 2.99. The van der Waals surface area contributed by atoms with Crippen molar-refractivity contribution in [3.05, 3.63) is 71.5 Å². The molecule has 3 rings (SSSR count). The molecule has 0 saturated carbocycles. The highest BCUT2D eigenvalue weighted by molar-refractivity contribution is 5.95. The zero-order valence-corrected chi connectivity index (χ0v) is 16.2. The van der Waals surface area contributed by atoms with E-state index >= 15 is 0 Å². The highest BCUT2D eigenvalue weighted by Crippen LogP contribution is 2.27. The summed E-state index contributed by atoms with van der Waals surface area (Å²) in [5.41, 5.74) is 3.79. The van der Waals surface area contributed by atoms with E-state index in [9.17, 15) is 4.79 Å². The Morgan fingerprint density at radius 1 is 1.04 bits per heavy atom. The molecule has 3 aromatic rings. The predicted octanol–water partition coefficient (Wildman–Crippen LogP) is 5.20. The van der Waals surface area contributed by atoms with E-state index in [2.05, 4.69) is 52.2 Å². The third kappa shape index (κ3) is 4.50. The number of carbonyl (C=O) groups is 1. The molecule has 27 heavy (non-hydrogen) atoms. The minimum atomic E-state index is 0.0369. The molecule has 1 aromatic heterocycles. The predicted molar refractivity (Wildman–Crippen MR) is 110 cm³/mol. The summed E-state index contributed by atoms with van der Waals surface area (Å²) in [7, 11) is 0. The normalized spacial score (nSPS) is 10.5. The third-order valence-electron chi connectivity index (χ3n) is 4.27. The number of aromatic nitrogens is 2. The van der Waals surface area contributed by atoms with Crippen LogP contribution in [-0.2, 0) is 0 Å². The molecule has 5 heteroatoms. The number of carbonyl (C=O) groups excluding carboxylic acids is 1. The molecule has 0 fully saturated rings. The van der Waals surface area contributed by atoms with Crippen LogP contribution in [0.15, 0.2) is 54.6 Å². The molecule has 0 radical (unpaired) electrons. The molecule has 5 nitrogen and oxygen atoms in total. The molecule has 138 valence electrons. The quantitative estimate of drug-likeness (QED) is 0.613. The number of rotatable bonds is 6. The Morgan fingerprint density at radius 3 is 2.52 bits per heavy atom. The molecule has 1 N–H and O–H groups in total. The van der Waals surface area contributed by atoms with Crippen LogP contribution in [0, 0.1) is 13.8 Å². The third-order valence-corrected chi connectivity index (χ3v) is 4.27. The monoisotopic (exact) mass is 360 g/mol. The summed E-state index contributed by atoms with van der Waals surface area (Å²) >= 11 is 0. The molecule has 0 spiro atoms. The average molecular weight is 360 g/mol. The summed E-state index contributed by atoms with van der Waals surface area (Å²) in [5.74, 6) is 2.25. The number of hydrogen-bond donors (Lipinski definition) is 1. The van der Waals surface area contributed by atoms with E-state index in [0.29, 0.717) is 17.2 Å². The highest BCUT2D eigenvalue weighted by Gasteiger charge is 2.12. The Balaban J connectivity index is 1.94. The van der Waals surface area contributed by atoms with Gasteiger partial charge in [-0.05, 0) is 57.5 Å². The van der Waals surface area contributed by atoms with Crippen LogP contribution in [0.1, 0.15) is 35.6 Å². The average Bonchev–Trinajstić information content (AvgIpc) is 2.62. The maximum absolute atomic E-state index is 11.6. The van der Waals surface area contributed by atoms with Crippen LogP contribution in [0.4, 0.5) is 23.0 Å². The van der Waals surface area contributed by atoms with Crippen LogP contribution < -0.4 is 10.2 Å². The van der Waals surface area contributed by atoms with Crippen molar-refractivity contribution < 1.29 is 4.79 Å². The number of benzene rings is 2. The van der Waals surface area contributed by atoms with Crippen molar-refractivity contribution in [2.45, 2.75) is 27.7 Å². The Morgan fingerprint density at radius 2 is 1.81 bits per heavy atom.